The molecule has 3 rings (SSSR count). The van der Waals surface area contributed by atoms with E-state index in [4.69, 9.17) is 9.88 Å². The van der Waals surface area contributed by atoms with Crippen molar-refractivity contribution in [3.05, 3.63) is 54.2 Å². The normalized spacial score (nSPS) is 17.1. The Bertz CT molecular complexity index is 908. The topological polar surface area (TPSA) is 110 Å². The van der Waals surface area contributed by atoms with Crippen LogP contribution in [-0.2, 0) is 16.6 Å². The van der Waals surface area contributed by atoms with Gasteiger partial charge in [-0.25, -0.2) is 18.5 Å². The molecule has 0 bridgehead atoms. The van der Waals surface area contributed by atoms with Gasteiger partial charge in [0, 0.05) is 38.8 Å². The largest absolute Gasteiger partial charge is 0.472 e. The van der Waals surface area contributed by atoms with E-state index in [0.29, 0.717) is 19.0 Å². The van der Waals surface area contributed by atoms with Gasteiger partial charge in [0.1, 0.15) is 6.10 Å². The maximum absolute atomic E-state index is 11.5. The first-order valence-corrected chi connectivity index (χ1v) is 10.2. The first-order valence-electron chi connectivity index (χ1n) is 8.61. The number of benzene rings is 1. The van der Waals surface area contributed by atoms with E-state index in [0.717, 1.165) is 24.5 Å². The molecule has 1 saturated heterocycles. The summed E-state index contributed by atoms with van der Waals surface area (Å²) >= 11 is 0. The second kappa shape index (κ2) is 10.0. The number of ether oxygens (including phenoxy) is 1. The molecule has 152 valence electrons. The number of likely N-dealkylation sites (tertiary alicyclic amines) is 1. The standard InChI is InChI=1S/C18H23N5O3S.HI/c1-20-18(22-12-14-5-4-6-16(11-14)27(19,24)25)23-10-8-15(13-23)26-17-7-2-3-9-21-17;/h2-7,9,11,15H,8,10,12-13H2,1H3,(H,20,22)(H2,19,24,25);1H. The summed E-state index contributed by atoms with van der Waals surface area (Å²) in [6, 6.07) is 12.1. The molecule has 3 N–H and O–H groups in total. The number of halogens is 1. The van der Waals surface area contributed by atoms with Gasteiger partial charge in [-0.15, -0.1) is 24.0 Å². The smallest absolute Gasteiger partial charge is 0.238 e. The number of nitrogens with zero attached hydrogens (tertiary/aromatic N) is 3. The highest BCUT2D eigenvalue weighted by Gasteiger charge is 2.26. The Morgan fingerprint density at radius 2 is 2.18 bits per heavy atom. The lowest BCUT2D eigenvalue weighted by molar-refractivity contribution is 0.205. The third-order valence-corrected chi connectivity index (χ3v) is 5.17. The number of pyridine rings is 1. The highest BCUT2D eigenvalue weighted by Crippen LogP contribution is 2.16. The van der Waals surface area contributed by atoms with Crippen molar-refractivity contribution in [3.8, 4) is 5.88 Å². The van der Waals surface area contributed by atoms with Crippen molar-refractivity contribution in [2.45, 2.75) is 24.0 Å². The number of hydrogen-bond acceptors (Lipinski definition) is 5. The number of primary sulfonamides is 1. The minimum absolute atomic E-state index is 0. The van der Waals surface area contributed by atoms with Crippen LogP contribution in [0.4, 0.5) is 0 Å². The quantitative estimate of drug-likeness (QED) is 0.354. The summed E-state index contributed by atoms with van der Waals surface area (Å²) in [5.41, 5.74) is 0.808. The number of rotatable bonds is 5. The molecular formula is C18H24IN5O3S. The summed E-state index contributed by atoms with van der Waals surface area (Å²) in [5.74, 6) is 1.36. The second-order valence-electron chi connectivity index (χ2n) is 6.24. The average molecular weight is 517 g/mol. The van der Waals surface area contributed by atoms with E-state index in [1.807, 2.05) is 24.3 Å². The Hall–Kier alpha value is -1.92. The molecule has 0 aliphatic carbocycles. The minimum Gasteiger partial charge on any atom is -0.472 e. The van der Waals surface area contributed by atoms with E-state index >= 15 is 0 Å². The molecule has 10 heteroatoms. The molecule has 0 amide bonds. The summed E-state index contributed by atoms with van der Waals surface area (Å²) in [7, 11) is -1.99. The number of nitrogens with two attached hydrogens (primary N) is 1. The predicted octanol–water partition coefficient (Wildman–Crippen LogP) is 1.58. The van der Waals surface area contributed by atoms with Crippen LogP contribution in [0.5, 0.6) is 5.88 Å². The van der Waals surface area contributed by atoms with Crippen molar-refractivity contribution in [2.75, 3.05) is 20.1 Å². The molecule has 1 aromatic heterocycles. The van der Waals surface area contributed by atoms with E-state index in [2.05, 4.69) is 20.2 Å². The highest BCUT2D eigenvalue weighted by atomic mass is 127. The van der Waals surface area contributed by atoms with Crippen molar-refractivity contribution in [2.24, 2.45) is 10.1 Å². The Labute approximate surface area is 182 Å². The van der Waals surface area contributed by atoms with Gasteiger partial charge in [-0.05, 0) is 23.8 Å². The van der Waals surface area contributed by atoms with Gasteiger partial charge in [0.25, 0.3) is 0 Å². The molecule has 8 nitrogen and oxygen atoms in total. The van der Waals surface area contributed by atoms with Gasteiger partial charge in [0.15, 0.2) is 5.96 Å². The van der Waals surface area contributed by atoms with Crippen LogP contribution in [0.1, 0.15) is 12.0 Å². The summed E-state index contributed by atoms with van der Waals surface area (Å²) in [4.78, 5) is 10.7. The maximum atomic E-state index is 11.5. The zero-order valence-electron chi connectivity index (χ0n) is 15.5. The molecule has 1 fully saturated rings. The van der Waals surface area contributed by atoms with Gasteiger partial charge < -0.3 is 15.0 Å². The number of nitrogens with one attached hydrogen (secondary N) is 1. The van der Waals surface area contributed by atoms with Crippen molar-refractivity contribution in [1.82, 2.24) is 15.2 Å². The van der Waals surface area contributed by atoms with E-state index in [1.54, 1.807) is 25.4 Å². The van der Waals surface area contributed by atoms with Gasteiger partial charge in [0.05, 0.1) is 11.4 Å². The van der Waals surface area contributed by atoms with Gasteiger partial charge >= 0.3 is 0 Å². The average Bonchev–Trinajstić information content (AvgIpc) is 3.11. The van der Waals surface area contributed by atoms with Gasteiger partial charge in [0.2, 0.25) is 15.9 Å². The lowest BCUT2D eigenvalue weighted by Crippen LogP contribution is -2.40. The van der Waals surface area contributed by atoms with Gasteiger partial charge in [-0.1, -0.05) is 18.2 Å². The van der Waals surface area contributed by atoms with E-state index in [-0.39, 0.29) is 35.0 Å². The third-order valence-electron chi connectivity index (χ3n) is 4.26. The molecule has 2 aromatic rings. The number of sulfonamides is 1. The lowest BCUT2D eigenvalue weighted by Gasteiger charge is -2.21. The molecule has 28 heavy (non-hydrogen) atoms. The first kappa shape index (κ1) is 22.4. The summed E-state index contributed by atoms with van der Waals surface area (Å²) < 4.78 is 28.9. The molecule has 1 aliphatic rings. The molecule has 0 spiro atoms. The zero-order chi connectivity index (χ0) is 19.3. The Morgan fingerprint density at radius 1 is 1.36 bits per heavy atom. The molecule has 1 aromatic carbocycles. The van der Waals surface area contributed by atoms with Crippen LogP contribution in [0, 0.1) is 0 Å². The van der Waals surface area contributed by atoms with Crippen molar-refractivity contribution in [1.29, 1.82) is 0 Å². The van der Waals surface area contributed by atoms with Crippen LogP contribution in [0.3, 0.4) is 0 Å². The van der Waals surface area contributed by atoms with Crippen molar-refractivity contribution < 1.29 is 13.2 Å². The Morgan fingerprint density at radius 3 is 2.86 bits per heavy atom. The van der Waals surface area contributed by atoms with Crippen LogP contribution in [0.2, 0.25) is 0 Å². The molecule has 0 saturated carbocycles. The van der Waals surface area contributed by atoms with Crippen LogP contribution in [0.15, 0.2) is 58.5 Å². The van der Waals surface area contributed by atoms with Crippen LogP contribution >= 0.6 is 24.0 Å². The summed E-state index contributed by atoms with van der Waals surface area (Å²) in [5, 5.41) is 8.45. The number of aromatic nitrogens is 1. The van der Waals surface area contributed by atoms with Gasteiger partial charge in [-0.3, -0.25) is 4.99 Å². The fourth-order valence-corrected chi connectivity index (χ4v) is 3.53. The fourth-order valence-electron chi connectivity index (χ4n) is 2.95. The highest BCUT2D eigenvalue weighted by molar-refractivity contribution is 14.0. The van der Waals surface area contributed by atoms with Crippen molar-refractivity contribution >= 4 is 40.0 Å². The molecule has 1 aliphatic heterocycles. The maximum Gasteiger partial charge on any atom is 0.238 e. The van der Waals surface area contributed by atoms with E-state index in [1.165, 1.54) is 6.07 Å². The monoisotopic (exact) mass is 517 g/mol. The zero-order valence-corrected chi connectivity index (χ0v) is 18.6. The molecule has 1 unspecified atom stereocenters. The summed E-state index contributed by atoms with van der Waals surface area (Å²) in [6.07, 6.45) is 2.63. The predicted molar refractivity (Wildman–Crippen MR) is 118 cm³/mol. The van der Waals surface area contributed by atoms with Crippen LogP contribution in [0.25, 0.3) is 0 Å². The molecule has 2 heterocycles. The van der Waals surface area contributed by atoms with Crippen LogP contribution in [-0.4, -0.2) is 50.5 Å². The van der Waals surface area contributed by atoms with E-state index < -0.39 is 10.0 Å². The van der Waals surface area contributed by atoms with Gasteiger partial charge in [-0.2, -0.15) is 0 Å². The molecule has 1 atom stereocenters. The lowest BCUT2D eigenvalue weighted by atomic mass is 10.2. The van der Waals surface area contributed by atoms with Crippen LogP contribution < -0.4 is 15.2 Å². The first-order chi connectivity index (χ1) is 13.0. The number of guanidine groups is 1. The fraction of sp³-hybridized carbons (Fsp3) is 0.333. The third kappa shape index (κ3) is 6.04. The number of aliphatic imine (C=N–C) groups is 1. The SMILES string of the molecule is CN=C(NCc1cccc(S(N)(=O)=O)c1)N1CCC(Oc2ccccn2)C1.I. The second-order valence-corrected chi connectivity index (χ2v) is 7.80. The Balaban J connectivity index is 0.00000280. The molecular weight excluding hydrogens is 493 g/mol. The Kier molecular flexibility index (Phi) is 8.01. The number of hydrogen-bond donors (Lipinski definition) is 2. The van der Waals surface area contributed by atoms with Crippen molar-refractivity contribution in [3.63, 3.8) is 0 Å². The van der Waals surface area contributed by atoms with E-state index in [9.17, 15) is 8.42 Å². The summed E-state index contributed by atoms with van der Waals surface area (Å²) in [6.45, 7) is 1.96. The molecule has 0 radical (unpaired) electrons. The minimum atomic E-state index is -3.71.